The van der Waals surface area contributed by atoms with Crippen LogP contribution in [0, 0.1) is 23.5 Å². The predicted molar refractivity (Wildman–Crippen MR) is 123 cm³/mol. The van der Waals surface area contributed by atoms with Gasteiger partial charge in [-0.15, -0.1) is 0 Å². The highest BCUT2D eigenvalue weighted by atomic mass is 35.5. The average molecular weight is 532 g/mol. The summed E-state index contributed by atoms with van der Waals surface area (Å²) in [7, 11) is -7.77. The summed E-state index contributed by atoms with van der Waals surface area (Å²) >= 11 is 5.94. The minimum Gasteiger partial charge on any atom is -0.490 e. The maximum absolute atomic E-state index is 15.3. The lowest BCUT2D eigenvalue weighted by atomic mass is 9.69. The van der Waals surface area contributed by atoms with E-state index in [9.17, 15) is 21.2 Å². The summed E-state index contributed by atoms with van der Waals surface area (Å²) in [5.41, 5.74) is -0.309. The van der Waals surface area contributed by atoms with E-state index in [-0.39, 0.29) is 54.0 Å². The first-order chi connectivity index (χ1) is 16.0. The second kappa shape index (κ2) is 8.43. The molecule has 1 aliphatic heterocycles. The topological polar surface area (TPSA) is 89.5 Å². The van der Waals surface area contributed by atoms with Crippen LogP contribution in [0.25, 0.3) is 0 Å². The van der Waals surface area contributed by atoms with E-state index in [0.717, 1.165) is 25.0 Å². The van der Waals surface area contributed by atoms with Crippen molar-refractivity contribution in [2.75, 3.05) is 12.4 Å². The lowest BCUT2D eigenvalue weighted by molar-refractivity contribution is 0.103. The van der Waals surface area contributed by atoms with E-state index >= 15 is 4.39 Å². The van der Waals surface area contributed by atoms with Crippen molar-refractivity contribution < 1.29 is 30.4 Å². The van der Waals surface area contributed by atoms with Crippen LogP contribution in [-0.4, -0.2) is 35.2 Å². The fraction of sp³-hybridized carbons (Fsp3) is 0.478. The summed E-state index contributed by atoms with van der Waals surface area (Å²) in [6, 6.07) is 7.37. The number of hydrogen-bond acceptors (Lipinski definition) is 5. The number of nitrogens with one attached hydrogen (secondary N) is 1. The molecule has 3 atom stereocenters. The van der Waals surface area contributed by atoms with Crippen LogP contribution < -0.4 is 9.46 Å². The van der Waals surface area contributed by atoms with Crippen molar-refractivity contribution in [1.82, 2.24) is 4.72 Å². The maximum atomic E-state index is 15.3. The van der Waals surface area contributed by atoms with Crippen LogP contribution in [-0.2, 0) is 24.6 Å². The summed E-state index contributed by atoms with van der Waals surface area (Å²) < 4.78 is 89.7. The number of sulfone groups is 1. The molecule has 0 bridgehead atoms. The van der Waals surface area contributed by atoms with E-state index in [4.69, 9.17) is 16.3 Å². The van der Waals surface area contributed by atoms with Gasteiger partial charge in [0.25, 0.3) is 0 Å². The Labute approximate surface area is 202 Å². The van der Waals surface area contributed by atoms with Gasteiger partial charge in [0.05, 0.1) is 22.8 Å². The number of halogens is 3. The molecule has 0 radical (unpaired) electrons. The Morgan fingerprint density at radius 3 is 2.35 bits per heavy atom. The number of rotatable bonds is 6. The van der Waals surface area contributed by atoms with E-state index in [1.54, 1.807) is 0 Å². The van der Waals surface area contributed by atoms with Gasteiger partial charge in [-0.25, -0.2) is 30.3 Å². The lowest BCUT2D eigenvalue weighted by Crippen LogP contribution is -2.53. The molecule has 2 aliphatic carbocycles. The molecule has 2 fully saturated rings. The van der Waals surface area contributed by atoms with Crippen LogP contribution >= 0.6 is 11.6 Å². The first-order valence-corrected chi connectivity index (χ1v) is 14.7. The van der Waals surface area contributed by atoms with Gasteiger partial charge in [0.2, 0.25) is 10.0 Å². The third-order valence-electron chi connectivity index (χ3n) is 7.09. The number of fused-ring (bicyclic) bond motifs is 3. The number of benzene rings is 2. The van der Waals surface area contributed by atoms with Gasteiger partial charge < -0.3 is 4.74 Å². The highest BCUT2D eigenvalue weighted by Gasteiger charge is 2.59. The second-order valence-electron chi connectivity index (χ2n) is 9.40. The zero-order valence-corrected chi connectivity index (χ0v) is 20.5. The van der Waals surface area contributed by atoms with Gasteiger partial charge in [-0.1, -0.05) is 11.6 Å². The quantitative estimate of drug-likeness (QED) is 0.604. The summed E-state index contributed by atoms with van der Waals surface area (Å²) in [5.74, 6) is -3.33. The zero-order chi connectivity index (χ0) is 24.3. The lowest BCUT2D eigenvalue weighted by Gasteiger charge is -2.49. The largest absolute Gasteiger partial charge is 0.490 e. The molecule has 0 aromatic heterocycles. The molecule has 5 rings (SSSR count). The van der Waals surface area contributed by atoms with E-state index in [2.05, 4.69) is 4.72 Å². The van der Waals surface area contributed by atoms with Crippen molar-refractivity contribution >= 4 is 31.5 Å². The normalized spacial score (nSPS) is 26.9. The molecule has 0 spiro atoms. The van der Waals surface area contributed by atoms with E-state index in [0.29, 0.717) is 5.02 Å². The molecule has 1 heterocycles. The molecule has 184 valence electrons. The molecule has 2 saturated carbocycles. The molecule has 34 heavy (non-hydrogen) atoms. The van der Waals surface area contributed by atoms with Crippen LogP contribution in [0.15, 0.2) is 41.3 Å². The Morgan fingerprint density at radius 2 is 1.68 bits per heavy atom. The van der Waals surface area contributed by atoms with Gasteiger partial charge in [-0.2, -0.15) is 0 Å². The summed E-state index contributed by atoms with van der Waals surface area (Å²) in [6.45, 7) is -0.160. The standard InChI is InChI=1S/C23H24ClF2NO5S2/c24-16-1-5-18(6-2-16)34(30,31)23-10-9-14(13-33(28,29)27-17-3-4-17)11-15(23)12-32-22-20(26)8-7-19(25)21(22)23/h1-2,5-8,14-15,17,27H,3-4,9-13H2/t14-,15-,23+/m1/s1. The van der Waals surface area contributed by atoms with Crippen LogP contribution in [0.3, 0.4) is 0 Å². The molecule has 3 aliphatic rings. The van der Waals surface area contributed by atoms with E-state index < -0.39 is 47.9 Å². The third kappa shape index (κ3) is 4.02. The highest BCUT2D eigenvalue weighted by molar-refractivity contribution is 7.92. The zero-order valence-electron chi connectivity index (χ0n) is 18.1. The first-order valence-electron chi connectivity index (χ1n) is 11.1. The van der Waals surface area contributed by atoms with Gasteiger partial charge >= 0.3 is 0 Å². The summed E-state index contributed by atoms with van der Waals surface area (Å²) in [6.07, 6.45) is 1.98. The Hall–Kier alpha value is -1.75. The van der Waals surface area contributed by atoms with Crippen LogP contribution in [0.5, 0.6) is 5.75 Å². The summed E-state index contributed by atoms with van der Waals surface area (Å²) in [4.78, 5) is -0.0557. The minimum absolute atomic E-state index is 0.0278. The molecule has 0 saturated heterocycles. The molecule has 11 heteroatoms. The van der Waals surface area contributed by atoms with Gasteiger partial charge in [-0.05, 0) is 74.4 Å². The fourth-order valence-corrected chi connectivity index (χ4v) is 9.65. The van der Waals surface area contributed by atoms with Crippen molar-refractivity contribution in [3.05, 3.63) is 58.6 Å². The molecule has 6 nitrogen and oxygen atoms in total. The molecule has 2 aromatic rings. The van der Waals surface area contributed by atoms with Crippen molar-refractivity contribution in [1.29, 1.82) is 0 Å². The first kappa shape index (κ1) is 24.0. The minimum atomic E-state index is -4.24. The highest BCUT2D eigenvalue weighted by Crippen LogP contribution is 2.57. The van der Waals surface area contributed by atoms with Crippen molar-refractivity contribution in [3.63, 3.8) is 0 Å². The van der Waals surface area contributed by atoms with Gasteiger partial charge in [0, 0.05) is 17.0 Å². The Morgan fingerprint density at radius 1 is 1.00 bits per heavy atom. The van der Waals surface area contributed by atoms with Crippen LogP contribution in [0.1, 0.15) is 37.7 Å². The Balaban J connectivity index is 1.59. The predicted octanol–water partition coefficient (Wildman–Crippen LogP) is 4.18. The number of sulfonamides is 1. The van der Waals surface area contributed by atoms with Crippen LogP contribution in [0.2, 0.25) is 5.02 Å². The van der Waals surface area contributed by atoms with Gasteiger partial charge in [0.15, 0.2) is 21.4 Å². The van der Waals surface area contributed by atoms with Crippen LogP contribution in [0.4, 0.5) is 8.78 Å². The Kier molecular flexibility index (Phi) is 5.94. The summed E-state index contributed by atoms with van der Waals surface area (Å²) in [5, 5.41) is 0.342. The molecule has 1 N–H and O–H groups in total. The molecular formula is C23H24ClF2NO5S2. The van der Waals surface area contributed by atoms with E-state index in [1.165, 1.54) is 24.3 Å². The second-order valence-corrected chi connectivity index (χ2v) is 13.8. The third-order valence-corrected chi connectivity index (χ3v) is 11.5. The van der Waals surface area contributed by atoms with Crippen molar-refractivity contribution in [2.45, 2.75) is 47.8 Å². The smallest absolute Gasteiger partial charge is 0.212 e. The van der Waals surface area contributed by atoms with Gasteiger partial charge in [-0.3, -0.25) is 0 Å². The van der Waals surface area contributed by atoms with Crippen molar-refractivity contribution in [3.8, 4) is 5.75 Å². The fourth-order valence-electron chi connectivity index (χ4n) is 5.39. The SMILES string of the molecule is O=S(=O)(C[C@@H]1CC[C@@]2(S(=O)(=O)c3ccc(Cl)cc3)c3c(F)ccc(F)c3OC[C@H]2C1)NC1CC1. The van der Waals surface area contributed by atoms with Crippen molar-refractivity contribution in [2.24, 2.45) is 11.8 Å². The van der Waals surface area contributed by atoms with Gasteiger partial charge in [0.1, 0.15) is 10.6 Å². The maximum Gasteiger partial charge on any atom is 0.212 e. The molecule has 0 amide bonds. The average Bonchev–Trinajstić information content (AvgIpc) is 3.58. The molecule has 0 unspecified atom stereocenters. The molecular weight excluding hydrogens is 508 g/mol. The number of ether oxygens (including phenoxy) is 1. The van der Waals surface area contributed by atoms with E-state index in [1.807, 2.05) is 0 Å². The Bertz CT molecular complexity index is 1330. The number of hydrogen-bond donors (Lipinski definition) is 1. The molecule has 2 aromatic carbocycles. The monoisotopic (exact) mass is 531 g/mol.